The average molecular weight is 397 g/mol. The summed E-state index contributed by atoms with van der Waals surface area (Å²) in [6.45, 7) is 8.08. The maximum absolute atomic E-state index is 12.2. The van der Waals surface area contributed by atoms with Gasteiger partial charge in [0, 0.05) is 0 Å². The van der Waals surface area contributed by atoms with Crippen LogP contribution in [0.4, 0.5) is 5.69 Å². The molecule has 1 aromatic carbocycles. The highest BCUT2D eigenvalue weighted by Crippen LogP contribution is 2.35. The molecule has 1 saturated carbocycles. The minimum absolute atomic E-state index is 0.124. The van der Waals surface area contributed by atoms with Gasteiger partial charge in [0.2, 0.25) is 0 Å². The molecule has 1 N–H and O–H groups in total. The molecule has 6 nitrogen and oxygen atoms in total. The minimum atomic E-state index is -0.646. The van der Waals surface area contributed by atoms with Crippen molar-refractivity contribution in [3.8, 4) is 18.4 Å². The van der Waals surface area contributed by atoms with Gasteiger partial charge in [-0.2, -0.15) is 0 Å². The SMILES string of the molecule is C#C[C@@H](C)OC(=O)c1ccccc1N[N+]#CC(=O)O[C@@H]1C[C@H](C)CC[C@H]1C(C)C. The van der Waals surface area contributed by atoms with Crippen LogP contribution < -0.4 is 5.43 Å². The number of hydrogen-bond acceptors (Lipinski definition) is 5. The third-order valence-corrected chi connectivity index (χ3v) is 5.21. The van der Waals surface area contributed by atoms with Crippen LogP contribution in [0.3, 0.4) is 0 Å². The van der Waals surface area contributed by atoms with Crippen molar-refractivity contribution in [1.82, 2.24) is 0 Å². The molecule has 1 fully saturated rings. The lowest BCUT2D eigenvalue weighted by molar-refractivity contribution is -0.148. The number of rotatable bonds is 5. The molecule has 1 aromatic rings. The first-order valence-electron chi connectivity index (χ1n) is 10.00. The molecule has 0 spiro atoms. The number of nitrogens with one attached hydrogen (secondary N) is 1. The molecule has 0 unspecified atom stereocenters. The summed E-state index contributed by atoms with van der Waals surface area (Å²) in [7, 11) is 0. The zero-order valence-electron chi connectivity index (χ0n) is 17.5. The van der Waals surface area contributed by atoms with E-state index in [-0.39, 0.29) is 11.7 Å². The Balaban J connectivity index is 2.01. The van der Waals surface area contributed by atoms with Gasteiger partial charge < -0.3 is 9.47 Å². The van der Waals surface area contributed by atoms with Gasteiger partial charge in [-0.1, -0.05) is 45.2 Å². The van der Waals surface area contributed by atoms with Gasteiger partial charge in [0.15, 0.2) is 6.10 Å². The molecule has 4 atom stereocenters. The predicted octanol–water partition coefficient (Wildman–Crippen LogP) is 4.53. The molecule has 0 saturated heterocycles. The summed E-state index contributed by atoms with van der Waals surface area (Å²) in [5, 5.41) is 0. The van der Waals surface area contributed by atoms with Gasteiger partial charge in [0.1, 0.15) is 11.8 Å². The van der Waals surface area contributed by atoms with Crippen molar-refractivity contribution in [3.05, 3.63) is 34.8 Å². The van der Waals surface area contributed by atoms with Gasteiger partial charge in [-0.15, -0.1) is 6.42 Å². The number of nitrogens with zero attached hydrogens (tertiary/aromatic N) is 1. The van der Waals surface area contributed by atoms with E-state index in [1.807, 2.05) is 0 Å². The van der Waals surface area contributed by atoms with Crippen molar-refractivity contribution >= 4 is 17.6 Å². The van der Waals surface area contributed by atoms with Crippen LogP contribution in [-0.2, 0) is 14.3 Å². The maximum Gasteiger partial charge on any atom is 0.463 e. The van der Waals surface area contributed by atoms with E-state index < -0.39 is 18.0 Å². The summed E-state index contributed by atoms with van der Waals surface area (Å²) >= 11 is 0. The van der Waals surface area contributed by atoms with Gasteiger partial charge >= 0.3 is 18.0 Å². The van der Waals surface area contributed by atoms with Crippen LogP contribution in [0.25, 0.3) is 4.95 Å². The number of ether oxygens (including phenoxy) is 2. The smallest absolute Gasteiger partial charge is 0.448 e. The van der Waals surface area contributed by atoms with Crippen LogP contribution in [0.2, 0.25) is 0 Å². The van der Waals surface area contributed by atoms with Crippen molar-refractivity contribution in [2.24, 2.45) is 17.8 Å². The Morgan fingerprint density at radius 3 is 2.66 bits per heavy atom. The average Bonchev–Trinajstić information content (AvgIpc) is 2.68. The quantitative estimate of drug-likeness (QED) is 0.342. The zero-order chi connectivity index (χ0) is 21.4. The Bertz CT molecular complexity index is 831. The van der Waals surface area contributed by atoms with E-state index in [0.717, 1.165) is 19.3 Å². The lowest BCUT2D eigenvalue weighted by Crippen LogP contribution is -2.35. The summed E-state index contributed by atoms with van der Waals surface area (Å²) in [6.07, 6.45) is 7.53. The molecule has 0 aromatic heterocycles. The van der Waals surface area contributed by atoms with Crippen LogP contribution >= 0.6 is 0 Å². The lowest BCUT2D eigenvalue weighted by Gasteiger charge is -2.35. The van der Waals surface area contributed by atoms with Gasteiger partial charge in [0.05, 0.1) is 10.5 Å². The van der Waals surface area contributed by atoms with Gasteiger partial charge in [-0.25, -0.2) is 9.59 Å². The van der Waals surface area contributed by atoms with E-state index in [4.69, 9.17) is 15.9 Å². The highest BCUT2D eigenvalue weighted by molar-refractivity contribution is 5.96. The highest BCUT2D eigenvalue weighted by atomic mass is 16.5. The molecule has 0 radical (unpaired) electrons. The molecular formula is C23H29N2O4+. The Hall–Kier alpha value is -2.99. The van der Waals surface area contributed by atoms with Crippen LogP contribution in [0.5, 0.6) is 0 Å². The van der Waals surface area contributed by atoms with E-state index in [2.05, 4.69) is 43.1 Å². The Kier molecular flexibility index (Phi) is 8.09. The number of hydrogen-bond donors (Lipinski definition) is 1. The lowest BCUT2D eigenvalue weighted by atomic mass is 9.75. The van der Waals surface area contributed by atoms with Crippen LogP contribution in [0, 0.1) is 36.2 Å². The minimum Gasteiger partial charge on any atom is -0.448 e. The second-order valence-corrected chi connectivity index (χ2v) is 7.87. The van der Waals surface area contributed by atoms with E-state index in [0.29, 0.717) is 23.4 Å². The summed E-state index contributed by atoms with van der Waals surface area (Å²) in [5.41, 5.74) is 3.30. The molecular weight excluding hydrogens is 368 g/mol. The fraction of sp³-hybridized carbons (Fsp3) is 0.522. The Labute approximate surface area is 172 Å². The fourth-order valence-electron chi connectivity index (χ4n) is 3.56. The number of benzene rings is 1. The largest absolute Gasteiger partial charge is 0.463 e. The van der Waals surface area contributed by atoms with Crippen LogP contribution in [0.15, 0.2) is 24.3 Å². The zero-order valence-corrected chi connectivity index (χ0v) is 17.5. The number of anilines is 1. The maximum atomic E-state index is 12.2. The number of carbonyl (C=O) groups is 2. The number of carbonyl (C=O) groups excluding carboxylic acids is 2. The summed E-state index contributed by atoms with van der Waals surface area (Å²) in [6, 6.07) is 8.99. The van der Waals surface area contributed by atoms with Gasteiger partial charge in [0.25, 0.3) is 0 Å². The molecule has 29 heavy (non-hydrogen) atoms. The molecule has 2 rings (SSSR count). The van der Waals surface area contributed by atoms with E-state index in [9.17, 15) is 9.59 Å². The standard InChI is InChI=1S/C23H28N2O4/c1-6-17(5)28-23(27)19-9-7-8-10-20(19)25-24-14-22(26)29-21-13-16(4)11-12-18(21)15(2)3/h1,7-10,15-18,21H,11-13H2,2-5H3/p+1/t16-,17-,18+,21-/m1/s1. The predicted molar refractivity (Wildman–Crippen MR) is 112 cm³/mol. The molecule has 6 heteroatoms. The first kappa shape index (κ1) is 22.3. The molecule has 0 bridgehead atoms. The summed E-state index contributed by atoms with van der Waals surface area (Å²) in [4.78, 5) is 28.2. The Morgan fingerprint density at radius 1 is 1.24 bits per heavy atom. The highest BCUT2D eigenvalue weighted by Gasteiger charge is 2.34. The van der Waals surface area contributed by atoms with E-state index in [1.54, 1.807) is 31.2 Å². The monoisotopic (exact) mass is 397 g/mol. The molecule has 0 heterocycles. The number of terminal acetylenes is 1. The van der Waals surface area contributed by atoms with Gasteiger partial charge in [-0.3, -0.25) is 0 Å². The summed E-state index contributed by atoms with van der Waals surface area (Å²) in [5.74, 6) is 2.46. The van der Waals surface area contributed by atoms with Crippen molar-refractivity contribution in [3.63, 3.8) is 0 Å². The van der Waals surface area contributed by atoms with Crippen molar-refractivity contribution in [2.75, 3.05) is 5.43 Å². The summed E-state index contributed by atoms with van der Waals surface area (Å²) < 4.78 is 10.8. The molecule has 154 valence electrons. The topological polar surface area (TPSA) is 69.0 Å². The molecule has 1 aliphatic carbocycles. The van der Waals surface area contributed by atoms with E-state index in [1.165, 1.54) is 0 Å². The Morgan fingerprint density at radius 2 is 1.97 bits per heavy atom. The molecule has 0 amide bonds. The molecule has 1 aliphatic rings. The second kappa shape index (κ2) is 10.5. The first-order valence-corrected chi connectivity index (χ1v) is 10.00. The fourth-order valence-corrected chi connectivity index (χ4v) is 3.56. The van der Waals surface area contributed by atoms with Crippen molar-refractivity contribution in [2.45, 2.75) is 59.2 Å². The number of esters is 2. The van der Waals surface area contributed by atoms with Crippen molar-refractivity contribution < 1.29 is 19.1 Å². The van der Waals surface area contributed by atoms with Gasteiger partial charge in [-0.05, 0) is 55.1 Å². The van der Waals surface area contributed by atoms with Crippen LogP contribution in [0.1, 0.15) is 57.3 Å². The first-order chi connectivity index (χ1) is 13.8. The molecule has 0 aliphatic heterocycles. The normalized spacial score (nSPS) is 21.9. The third kappa shape index (κ3) is 6.54. The second-order valence-electron chi connectivity index (χ2n) is 7.87. The van der Waals surface area contributed by atoms with E-state index >= 15 is 0 Å². The third-order valence-electron chi connectivity index (χ3n) is 5.21. The van der Waals surface area contributed by atoms with Crippen molar-refractivity contribution in [1.29, 1.82) is 0 Å². The number of para-hydroxylation sites is 1. The van der Waals surface area contributed by atoms with Crippen LogP contribution in [-0.4, -0.2) is 24.1 Å².